The van der Waals surface area contributed by atoms with Gasteiger partial charge in [0.05, 0.1) is 31.4 Å². The molecule has 36 heavy (non-hydrogen) atoms. The molecule has 0 amide bonds. The lowest BCUT2D eigenvalue weighted by Crippen LogP contribution is -2.43. The lowest BCUT2D eigenvalue weighted by atomic mass is 10.0. The molecular weight excluding hydrogens is 484 g/mol. The van der Waals surface area contributed by atoms with Crippen LogP contribution < -0.4 is 29.8 Å². The number of likely N-dealkylation sites (tertiary alicyclic amines) is 1. The minimum absolute atomic E-state index is 0. The fraction of sp³-hybridized carbons (Fsp3) is 0.462. The molecule has 2 aromatic carbocycles. The Morgan fingerprint density at radius 3 is 2.64 bits per heavy atom. The monoisotopic (exact) mass is 516 g/mol. The first-order valence-corrected chi connectivity index (χ1v) is 12.1. The van der Waals surface area contributed by atoms with Gasteiger partial charge in [-0.15, -0.1) is 12.4 Å². The van der Waals surface area contributed by atoms with Crippen LogP contribution in [0.25, 0.3) is 11.0 Å². The van der Waals surface area contributed by atoms with Crippen LogP contribution in [0, 0.1) is 0 Å². The predicted molar refractivity (Wildman–Crippen MR) is 140 cm³/mol. The number of rotatable bonds is 8. The second-order valence-electron chi connectivity index (χ2n) is 8.92. The lowest BCUT2D eigenvalue weighted by molar-refractivity contribution is 0.164. The Hall–Kier alpha value is -3.01. The second-order valence-corrected chi connectivity index (χ2v) is 8.92. The number of fused-ring (bicyclic) bond motifs is 2. The number of hydrogen-bond donors (Lipinski definition) is 1. The highest BCUT2D eigenvalue weighted by molar-refractivity contribution is 5.85. The standard InChI is InChI=1S/C26H32N4O5.ClH/c1-32-20-3-4-21-22(15-20)30(25(31)17-28-21)10-9-29-7-5-19(6-8-29)27-16-18-13-23(33-2)26-24(14-18)34-11-12-35-26;/h3-4,13-15,17,19,27H,5-12,16H2,1-2H3;1H. The van der Waals surface area contributed by atoms with Gasteiger partial charge < -0.3 is 33.7 Å². The van der Waals surface area contributed by atoms with Crippen molar-refractivity contribution in [3.8, 4) is 23.0 Å². The molecule has 9 nitrogen and oxygen atoms in total. The summed E-state index contributed by atoms with van der Waals surface area (Å²) in [6.07, 6.45) is 3.51. The van der Waals surface area contributed by atoms with E-state index in [1.807, 2.05) is 30.3 Å². The maximum Gasteiger partial charge on any atom is 0.269 e. The molecule has 1 aromatic heterocycles. The molecule has 0 aliphatic carbocycles. The Kier molecular flexibility index (Phi) is 8.56. The average Bonchev–Trinajstić information content (AvgIpc) is 2.91. The van der Waals surface area contributed by atoms with Crippen LogP contribution in [0.15, 0.2) is 41.3 Å². The van der Waals surface area contributed by atoms with Gasteiger partial charge in [-0.3, -0.25) is 4.79 Å². The molecule has 2 aliphatic heterocycles. The molecule has 1 fully saturated rings. The molecule has 2 aliphatic rings. The highest BCUT2D eigenvalue weighted by Crippen LogP contribution is 2.40. The summed E-state index contributed by atoms with van der Waals surface area (Å²) in [5.74, 6) is 2.88. The van der Waals surface area contributed by atoms with Crippen LogP contribution >= 0.6 is 12.4 Å². The van der Waals surface area contributed by atoms with E-state index in [9.17, 15) is 4.79 Å². The van der Waals surface area contributed by atoms with Crippen molar-refractivity contribution in [3.63, 3.8) is 0 Å². The van der Waals surface area contributed by atoms with Crippen LogP contribution in [-0.2, 0) is 13.1 Å². The number of nitrogens with one attached hydrogen (secondary N) is 1. The average molecular weight is 517 g/mol. The van der Waals surface area contributed by atoms with Crippen molar-refractivity contribution in [2.45, 2.75) is 32.0 Å². The first-order chi connectivity index (χ1) is 17.1. The molecule has 194 valence electrons. The first-order valence-electron chi connectivity index (χ1n) is 12.1. The third-order valence-corrected chi connectivity index (χ3v) is 6.76. The molecule has 1 saturated heterocycles. The van der Waals surface area contributed by atoms with Gasteiger partial charge in [-0.05, 0) is 55.8 Å². The minimum atomic E-state index is -0.0860. The number of halogens is 1. The Morgan fingerprint density at radius 2 is 1.86 bits per heavy atom. The third kappa shape index (κ3) is 5.69. The van der Waals surface area contributed by atoms with Crippen molar-refractivity contribution < 1.29 is 18.9 Å². The van der Waals surface area contributed by atoms with Crippen LogP contribution in [0.4, 0.5) is 0 Å². The lowest BCUT2D eigenvalue weighted by Gasteiger charge is -2.32. The molecule has 0 saturated carbocycles. The van der Waals surface area contributed by atoms with Crippen LogP contribution in [0.2, 0.25) is 0 Å². The predicted octanol–water partition coefficient (Wildman–Crippen LogP) is 2.86. The number of ether oxygens (including phenoxy) is 4. The van der Waals surface area contributed by atoms with Crippen LogP contribution in [0.1, 0.15) is 18.4 Å². The fourth-order valence-electron chi connectivity index (χ4n) is 4.79. The molecule has 3 aromatic rings. The Morgan fingerprint density at radius 1 is 1.06 bits per heavy atom. The molecule has 0 atom stereocenters. The first kappa shape index (κ1) is 26.1. The molecule has 0 radical (unpaired) electrons. The molecule has 0 unspecified atom stereocenters. The maximum atomic E-state index is 12.5. The number of benzene rings is 2. The summed E-state index contributed by atoms with van der Waals surface area (Å²) in [5, 5.41) is 3.68. The highest BCUT2D eigenvalue weighted by atomic mass is 35.5. The summed E-state index contributed by atoms with van der Waals surface area (Å²) in [4.78, 5) is 19.2. The number of hydrogen-bond acceptors (Lipinski definition) is 8. The van der Waals surface area contributed by atoms with Gasteiger partial charge in [0.1, 0.15) is 19.0 Å². The number of nitrogens with zero attached hydrogens (tertiary/aromatic N) is 3. The van der Waals surface area contributed by atoms with Crippen molar-refractivity contribution in [1.29, 1.82) is 0 Å². The van der Waals surface area contributed by atoms with E-state index in [0.717, 1.165) is 67.1 Å². The number of methoxy groups -OCH3 is 2. The largest absolute Gasteiger partial charge is 0.497 e. The fourth-order valence-corrected chi connectivity index (χ4v) is 4.79. The summed E-state index contributed by atoms with van der Waals surface area (Å²) >= 11 is 0. The summed E-state index contributed by atoms with van der Waals surface area (Å²) in [6.45, 7) is 5.27. The van der Waals surface area contributed by atoms with Crippen molar-refractivity contribution in [1.82, 2.24) is 19.8 Å². The van der Waals surface area contributed by atoms with E-state index in [2.05, 4.69) is 15.2 Å². The molecule has 3 heterocycles. The summed E-state index contributed by atoms with van der Waals surface area (Å²) < 4.78 is 24.1. The number of piperidine rings is 1. The normalized spacial score (nSPS) is 15.9. The van der Waals surface area contributed by atoms with Crippen molar-refractivity contribution >= 4 is 23.4 Å². The van der Waals surface area contributed by atoms with Crippen molar-refractivity contribution in [2.24, 2.45) is 0 Å². The molecule has 0 bridgehead atoms. The second kappa shape index (κ2) is 11.8. The van der Waals surface area contributed by atoms with Crippen molar-refractivity contribution in [2.75, 3.05) is 47.1 Å². The van der Waals surface area contributed by atoms with E-state index in [1.165, 1.54) is 6.20 Å². The van der Waals surface area contributed by atoms with E-state index < -0.39 is 0 Å². The summed E-state index contributed by atoms with van der Waals surface area (Å²) in [7, 11) is 3.28. The van der Waals surface area contributed by atoms with E-state index in [1.54, 1.807) is 18.8 Å². The molecule has 5 rings (SSSR count). The van der Waals surface area contributed by atoms with Gasteiger partial charge in [-0.25, -0.2) is 4.98 Å². The molecule has 1 N–H and O–H groups in total. The van der Waals surface area contributed by atoms with Crippen molar-refractivity contribution in [3.05, 3.63) is 52.4 Å². The zero-order valence-corrected chi connectivity index (χ0v) is 21.5. The van der Waals surface area contributed by atoms with Gasteiger partial charge in [0.2, 0.25) is 5.75 Å². The Labute approximate surface area is 216 Å². The molecular formula is C26H33ClN4O5. The van der Waals surface area contributed by atoms with Crippen LogP contribution in [0.5, 0.6) is 23.0 Å². The van der Waals surface area contributed by atoms with Crippen LogP contribution in [-0.4, -0.2) is 67.6 Å². The maximum absolute atomic E-state index is 12.5. The topological polar surface area (TPSA) is 87.1 Å². The summed E-state index contributed by atoms with van der Waals surface area (Å²) in [5.41, 5.74) is 2.64. The molecule has 0 spiro atoms. The van der Waals surface area contributed by atoms with Crippen LogP contribution in [0.3, 0.4) is 0 Å². The van der Waals surface area contributed by atoms with Gasteiger partial charge in [0, 0.05) is 31.7 Å². The zero-order valence-electron chi connectivity index (χ0n) is 20.7. The van der Waals surface area contributed by atoms with E-state index in [0.29, 0.717) is 37.3 Å². The van der Waals surface area contributed by atoms with Gasteiger partial charge in [0.25, 0.3) is 5.56 Å². The van der Waals surface area contributed by atoms with Gasteiger partial charge in [0.15, 0.2) is 11.5 Å². The smallest absolute Gasteiger partial charge is 0.269 e. The summed E-state index contributed by atoms with van der Waals surface area (Å²) in [6, 6.07) is 10.1. The van der Waals surface area contributed by atoms with Gasteiger partial charge in [-0.2, -0.15) is 0 Å². The van der Waals surface area contributed by atoms with Gasteiger partial charge >= 0.3 is 0 Å². The minimum Gasteiger partial charge on any atom is -0.497 e. The van der Waals surface area contributed by atoms with E-state index in [-0.39, 0.29) is 18.0 Å². The Bertz CT molecular complexity index is 1230. The number of aromatic nitrogens is 2. The quantitative estimate of drug-likeness (QED) is 0.489. The Balaban J connectivity index is 0.00000304. The van der Waals surface area contributed by atoms with E-state index >= 15 is 0 Å². The third-order valence-electron chi connectivity index (χ3n) is 6.76. The van der Waals surface area contributed by atoms with E-state index in [4.69, 9.17) is 18.9 Å². The zero-order chi connectivity index (χ0) is 24.2. The van der Waals surface area contributed by atoms with Gasteiger partial charge in [-0.1, -0.05) is 0 Å². The SMILES string of the molecule is COc1ccc2ncc(=O)n(CCN3CCC(NCc4cc(OC)c5c(c4)OCCO5)CC3)c2c1.Cl. The highest BCUT2D eigenvalue weighted by Gasteiger charge is 2.21. The molecule has 10 heteroatoms.